The molecular weight excluding hydrogens is 280 g/mol. The standard InChI is InChI=1S/C13H30O6Si/c1-5-8-11(14,15)20(4,12(16,17)9-6-2)13(18,19)10-7-3/h14-19H,5-10H2,1-4H3. The molecule has 122 valence electrons. The Hall–Kier alpha value is -0.0231. The quantitative estimate of drug-likeness (QED) is 0.266. The van der Waals surface area contributed by atoms with Gasteiger partial charge in [-0.25, -0.2) is 0 Å². The van der Waals surface area contributed by atoms with Crippen molar-refractivity contribution in [3.63, 3.8) is 0 Å². The first-order valence-corrected chi connectivity index (χ1v) is 9.77. The van der Waals surface area contributed by atoms with E-state index in [1.807, 2.05) is 0 Å². The van der Waals surface area contributed by atoms with Gasteiger partial charge >= 0.3 is 0 Å². The van der Waals surface area contributed by atoms with Crippen molar-refractivity contribution in [3.05, 3.63) is 0 Å². The first kappa shape index (κ1) is 20.0. The van der Waals surface area contributed by atoms with E-state index in [2.05, 4.69) is 0 Å². The highest BCUT2D eigenvalue weighted by Gasteiger charge is 2.70. The van der Waals surface area contributed by atoms with Gasteiger partial charge in [-0.05, 0) is 19.3 Å². The fourth-order valence-electron chi connectivity index (χ4n) is 2.76. The van der Waals surface area contributed by atoms with Crippen molar-refractivity contribution in [1.29, 1.82) is 0 Å². The zero-order chi connectivity index (χ0) is 16.2. The molecule has 0 aromatic heterocycles. The average molecular weight is 310 g/mol. The lowest BCUT2D eigenvalue weighted by atomic mass is 10.3. The predicted molar refractivity (Wildman–Crippen MR) is 77.8 cm³/mol. The Morgan fingerprint density at radius 2 is 0.800 bits per heavy atom. The van der Waals surface area contributed by atoms with Crippen molar-refractivity contribution in [3.8, 4) is 0 Å². The third-order valence-electron chi connectivity index (χ3n) is 4.20. The third kappa shape index (κ3) is 3.41. The van der Waals surface area contributed by atoms with E-state index in [0.717, 1.165) is 0 Å². The van der Waals surface area contributed by atoms with Gasteiger partial charge in [-0.3, -0.25) is 0 Å². The maximum Gasteiger partial charge on any atom is 0.256 e. The molecule has 0 fully saturated rings. The zero-order valence-electron chi connectivity index (χ0n) is 12.9. The van der Waals surface area contributed by atoms with Gasteiger partial charge in [-0.15, -0.1) is 0 Å². The highest BCUT2D eigenvalue weighted by molar-refractivity contribution is 6.85. The Kier molecular flexibility index (Phi) is 6.82. The summed E-state index contributed by atoms with van der Waals surface area (Å²) in [6.45, 7) is 6.36. The van der Waals surface area contributed by atoms with Crippen LogP contribution in [-0.2, 0) is 0 Å². The lowest BCUT2D eigenvalue weighted by Crippen LogP contribution is -2.81. The number of aliphatic hydroxyl groups is 6. The van der Waals surface area contributed by atoms with E-state index in [1.165, 1.54) is 6.55 Å². The highest BCUT2D eigenvalue weighted by Crippen LogP contribution is 2.42. The van der Waals surface area contributed by atoms with Crippen LogP contribution in [0.2, 0.25) is 6.55 Å². The normalized spacial score (nSPS) is 14.7. The fourth-order valence-corrected chi connectivity index (χ4v) is 6.93. The van der Waals surface area contributed by atoms with Crippen LogP contribution in [0.25, 0.3) is 0 Å². The van der Waals surface area contributed by atoms with Gasteiger partial charge in [-0.1, -0.05) is 46.6 Å². The van der Waals surface area contributed by atoms with E-state index in [9.17, 15) is 30.6 Å². The summed E-state index contributed by atoms with van der Waals surface area (Å²) >= 11 is 0. The Morgan fingerprint density at radius 3 is 0.950 bits per heavy atom. The molecule has 0 aromatic carbocycles. The Bertz CT molecular complexity index is 258. The molecule has 0 radical (unpaired) electrons. The molecule has 0 saturated heterocycles. The van der Waals surface area contributed by atoms with E-state index in [1.54, 1.807) is 20.8 Å². The van der Waals surface area contributed by atoms with Crippen LogP contribution in [0.4, 0.5) is 0 Å². The summed E-state index contributed by atoms with van der Waals surface area (Å²) in [6, 6.07) is 0. The molecule has 0 spiro atoms. The maximum absolute atomic E-state index is 10.3. The third-order valence-corrected chi connectivity index (χ3v) is 9.75. The zero-order valence-corrected chi connectivity index (χ0v) is 13.9. The van der Waals surface area contributed by atoms with Crippen LogP contribution < -0.4 is 0 Å². The second-order valence-corrected chi connectivity index (χ2v) is 10.5. The van der Waals surface area contributed by atoms with Crippen LogP contribution in [0, 0.1) is 0 Å². The topological polar surface area (TPSA) is 121 Å². The van der Waals surface area contributed by atoms with Crippen molar-refractivity contribution in [2.45, 2.75) is 82.1 Å². The summed E-state index contributed by atoms with van der Waals surface area (Å²) in [4.78, 5) is 0. The molecule has 0 saturated carbocycles. The highest BCUT2D eigenvalue weighted by atomic mass is 28.3. The lowest BCUT2D eigenvalue weighted by Gasteiger charge is -2.52. The number of hydrogen-bond donors (Lipinski definition) is 6. The Labute approximate surface area is 121 Å². The second-order valence-electron chi connectivity index (χ2n) is 5.82. The summed E-state index contributed by atoms with van der Waals surface area (Å²) < 4.78 is 0. The molecule has 0 bridgehead atoms. The van der Waals surface area contributed by atoms with Crippen molar-refractivity contribution in [2.24, 2.45) is 0 Å². The van der Waals surface area contributed by atoms with Crippen LogP contribution >= 0.6 is 0 Å². The minimum Gasteiger partial charge on any atom is -0.369 e. The van der Waals surface area contributed by atoms with Gasteiger partial charge in [0.25, 0.3) is 8.07 Å². The SMILES string of the molecule is CCCC(O)(O)[Si](C)(C(O)(O)CCC)C(O)(O)CCC. The van der Waals surface area contributed by atoms with Crippen molar-refractivity contribution in [2.75, 3.05) is 0 Å². The van der Waals surface area contributed by atoms with Crippen LogP contribution in [0.15, 0.2) is 0 Å². The largest absolute Gasteiger partial charge is 0.369 e. The summed E-state index contributed by atoms with van der Waals surface area (Å²) in [7, 11) is -4.16. The van der Waals surface area contributed by atoms with E-state index >= 15 is 0 Å². The minimum absolute atomic E-state index is 0.144. The van der Waals surface area contributed by atoms with Crippen LogP contribution in [-0.4, -0.2) is 54.9 Å². The van der Waals surface area contributed by atoms with E-state index in [0.29, 0.717) is 19.3 Å². The number of rotatable bonds is 9. The monoisotopic (exact) mass is 310 g/mol. The molecular formula is C13H30O6Si. The molecule has 20 heavy (non-hydrogen) atoms. The average Bonchev–Trinajstić information content (AvgIpc) is 2.26. The Morgan fingerprint density at radius 1 is 0.600 bits per heavy atom. The van der Waals surface area contributed by atoms with Gasteiger partial charge in [-0.2, -0.15) is 0 Å². The van der Waals surface area contributed by atoms with E-state index in [-0.39, 0.29) is 19.3 Å². The molecule has 0 atom stereocenters. The van der Waals surface area contributed by atoms with Crippen LogP contribution in [0.3, 0.4) is 0 Å². The molecule has 0 amide bonds. The first-order chi connectivity index (χ1) is 8.93. The van der Waals surface area contributed by atoms with Gasteiger partial charge in [0.1, 0.15) is 0 Å². The van der Waals surface area contributed by atoms with Gasteiger partial charge in [0.2, 0.25) is 0 Å². The van der Waals surface area contributed by atoms with Gasteiger partial charge in [0.15, 0.2) is 16.2 Å². The molecule has 0 aromatic rings. The van der Waals surface area contributed by atoms with Gasteiger partial charge in [0.05, 0.1) is 0 Å². The summed E-state index contributed by atoms with van der Waals surface area (Å²) in [6.07, 6.45) is 0.693. The fraction of sp³-hybridized carbons (Fsp3) is 1.00. The van der Waals surface area contributed by atoms with Crippen molar-refractivity contribution < 1.29 is 30.6 Å². The number of hydrogen-bond acceptors (Lipinski definition) is 6. The molecule has 0 aliphatic heterocycles. The summed E-state index contributed by atoms with van der Waals surface area (Å²) in [5, 5.41) is 62.0. The van der Waals surface area contributed by atoms with E-state index in [4.69, 9.17) is 0 Å². The van der Waals surface area contributed by atoms with E-state index < -0.39 is 24.3 Å². The molecule has 6 N–H and O–H groups in total. The Balaban J connectivity index is 5.92. The first-order valence-electron chi connectivity index (χ1n) is 7.27. The maximum atomic E-state index is 10.3. The molecule has 0 rings (SSSR count). The van der Waals surface area contributed by atoms with Crippen molar-refractivity contribution in [1.82, 2.24) is 0 Å². The second kappa shape index (κ2) is 6.82. The van der Waals surface area contributed by atoms with Crippen LogP contribution in [0.1, 0.15) is 59.3 Å². The molecule has 0 aliphatic rings. The van der Waals surface area contributed by atoms with Crippen molar-refractivity contribution >= 4 is 8.07 Å². The lowest BCUT2D eigenvalue weighted by molar-refractivity contribution is -0.196. The summed E-state index contributed by atoms with van der Waals surface area (Å²) in [5.41, 5.74) is -7.46. The molecule has 0 unspecified atom stereocenters. The smallest absolute Gasteiger partial charge is 0.256 e. The summed E-state index contributed by atoms with van der Waals surface area (Å²) in [5.74, 6) is 0. The van der Waals surface area contributed by atoms with Crippen LogP contribution in [0.5, 0.6) is 0 Å². The molecule has 7 heteroatoms. The molecule has 6 nitrogen and oxygen atoms in total. The van der Waals surface area contributed by atoms with Gasteiger partial charge in [0, 0.05) is 0 Å². The van der Waals surface area contributed by atoms with Gasteiger partial charge < -0.3 is 30.6 Å². The minimum atomic E-state index is -4.16. The predicted octanol–water partition coefficient (Wildman–Crippen LogP) is 0.126. The molecule has 0 aliphatic carbocycles. The molecule has 0 heterocycles.